The maximum atomic E-state index is 13.4. The van der Waals surface area contributed by atoms with Crippen molar-refractivity contribution in [3.8, 4) is 0 Å². The molecule has 0 aliphatic carbocycles. The molecule has 0 aliphatic rings. The Labute approximate surface area is 130 Å². The molecular formula is C15H15F3N2O3. The summed E-state index contributed by atoms with van der Waals surface area (Å²) in [4.78, 5) is 11.7. The van der Waals surface area contributed by atoms with E-state index in [0.29, 0.717) is 11.8 Å². The first kappa shape index (κ1) is 16.9. The molecule has 8 heteroatoms. The summed E-state index contributed by atoms with van der Waals surface area (Å²) in [6.45, 7) is 1.62. The number of aliphatic hydroxyl groups excluding tert-OH is 1. The van der Waals surface area contributed by atoms with Gasteiger partial charge in [-0.1, -0.05) is 0 Å². The third-order valence-electron chi connectivity index (χ3n) is 3.11. The smallest absolute Gasteiger partial charge is 0.319 e. The van der Waals surface area contributed by atoms with E-state index < -0.39 is 41.3 Å². The van der Waals surface area contributed by atoms with Gasteiger partial charge in [-0.3, -0.25) is 0 Å². The van der Waals surface area contributed by atoms with Crippen LogP contribution in [0.5, 0.6) is 0 Å². The van der Waals surface area contributed by atoms with Crippen LogP contribution in [0, 0.1) is 17.5 Å². The van der Waals surface area contributed by atoms with Crippen molar-refractivity contribution in [2.75, 3.05) is 5.32 Å². The van der Waals surface area contributed by atoms with Gasteiger partial charge in [0, 0.05) is 12.5 Å². The molecule has 0 aliphatic heterocycles. The summed E-state index contributed by atoms with van der Waals surface area (Å²) in [6.07, 6.45) is 0.649. The lowest BCUT2D eigenvalue weighted by Gasteiger charge is -2.17. The topological polar surface area (TPSA) is 74.5 Å². The lowest BCUT2D eigenvalue weighted by Crippen LogP contribution is -2.37. The third kappa shape index (κ3) is 4.26. The molecule has 0 saturated heterocycles. The minimum absolute atomic E-state index is 0.154. The third-order valence-corrected chi connectivity index (χ3v) is 3.11. The van der Waals surface area contributed by atoms with Crippen LogP contribution in [-0.4, -0.2) is 17.2 Å². The molecule has 2 amide bonds. The second-order valence-corrected chi connectivity index (χ2v) is 4.99. The Morgan fingerprint density at radius 2 is 2.00 bits per heavy atom. The van der Waals surface area contributed by atoms with E-state index in [9.17, 15) is 23.1 Å². The van der Waals surface area contributed by atoms with Gasteiger partial charge in [0.25, 0.3) is 0 Å². The van der Waals surface area contributed by atoms with E-state index in [2.05, 4.69) is 10.6 Å². The van der Waals surface area contributed by atoms with Crippen molar-refractivity contribution in [3.63, 3.8) is 0 Å². The number of aliphatic hydroxyl groups is 1. The van der Waals surface area contributed by atoms with Crippen LogP contribution in [0.2, 0.25) is 0 Å². The van der Waals surface area contributed by atoms with Gasteiger partial charge in [-0.15, -0.1) is 0 Å². The first-order chi connectivity index (χ1) is 10.9. The number of carbonyl (C=O) groups is 1. The van der Waals surface area contributed by atoms with Crippen molar-refractivity contribution in [3.05, 3.63) is 53.7 Å². The molecular weight excluding hydrogens is 313 g/mol. The van der Waals surface area contributed by atoms with E-state index in [1.54, 1.807) is 19.1 Å². The summed E-state index contributed by atoms with van der Waals surface area (Å²) < 4.78 is 44.4. The SMILES string of the molecule is CC(CC(O)c1ccco1)NC(=O)Nc1ccc(F)c(F)c1F. The molecule has 2 atom stereocenters. The zero-order valence-electron chi connectivity index (χ0n) is 12.1. The van der Waals surface area contributed by atoms with Gasteiger partial charge in [-0.2, -0.15) is 0 Å². The number of benzene rings is 1. The van der Waals surface area contributed by atoms with Gasteiger partial charge < -0.3 is 20.2 Å². The van der Waals surface area contributed by atoms with Crippen LogP contribution in [-0.2, 0) is 0 Å². The number of carbonyl (C=O) groups excluding carboxylic acids is 1. The number of rotatable bonds is 5. The van der Waals surface area contributed by atoms with Gasteiger partial charge in [-0.25, -0.2) is 18.0 Å². The van der Waals surface area contributed by atoms with Crippen LogP contribution in [0.1, 0.15) is 25.2 Å². The van der Waals surface area contributed by atoms with Crippen LogP contribution in [0.25, 0.3) is 0 Å². The van der Waals surface area contributed by atoms with E-state index in [0.717, 1.165) is 6.07 Å². The fourth-order valence-electron chi connectivity index (χ4n) is 2.00. The highest BCUT2D eigenvalue weighted by atomic mass is 19.2. The van der Waals surface area contributed by atoms with Crippen LogP contribution < -0.4 is 10.6 Å². The van der Waals surface area contributed by atoms with Gasteiger partial charge in [0.15, 0.2) is 17.5 Å². The first-order valence-corrected chi connectivity index (χ1v) is 6.81. The molecule has 0 fully saturated rings. The minimum Gasteiger partial charge on any atom is -0.467 e. The van der Waals surface area contributed by atoms with E-state index in [4.69, 9.17) is 4.42 Å². The van der Waals surface area contributed by atoms with Crippen LogP contribution in [0.15, 0.2) is 34.9 Å². The summed E-state index contributed by atoms with van der Waals surface area (Å²) in [5.74, 6) is -4.14. The Morgan fingerprint density at radius 1 is 1.26 bits per heavy atom. The molecule has 1 aromatic heterocycles. The minimum atomic E-state index is -1.66. The van der Waals surface area contributed by atoms with Crippen LogP contribution in [0.3, 0.4) is 0 Å². The highest BCUT2D eigenvalue weighted by Gasteiger charge is 2.18. The lowest BCUT2D eigenvalue weighted by molar-refractivity contribution is 0.130. The van der Waals surface area contributed by atoms with Crippen molar-refractivity contribution < 1.29 is 27.5 Å². The Kier molecular flexibility index (Phi) is 5.28. The van der Waals surface area contributed by atoms with Crippen molar-refractivity contribution in [1.82, 2.24) is 5.32 Å². The second-order valence-electron chi connectivity index (χ2n) is 4.99. The highest BCUT2D eigenvalue weighted by molar-refractivity contribution is 5.89. The molecule has 2 rings (SSSR count). The Hall–Kier alpha value is -2.48. The molecule has 0 radical (unpaired) electrons. The Balaban J connectivity index is 1.90. The van der Waals surface area contributed by atoms with Crippen molar-refractivity contribution in [2.45, 2.75) is 25.5 Å². The van der Waals surface area contributed by atoms with E-state index >= 15 is 0 Å². The molecule has 5 nitrogen and oxygen atoms in total. The average Bonchev–Trinajstić information content (AvgIpc) is 3.02. The number of anilines is 1. The number of furan rings is 1. The van der Waals surface area contributed by atoms with Crippen molar-refractivity contribution in [2.24, 2.45) is 0 Å². The van der Waals surface area contributed by atoms with Gasteiger partial charge in [0.2, 0.25) is 0 Å². The molecule has 1 heterocycles. The summed E-state index contributed by atoms with van der Waals surface area (Å²) in [6, 6.07) is 3.54. The molecule has 0 bridgehead atoms. The Bertz CT molecular complexity index is 677. The summed E-state index contributed by atoms with van der Waals surface area (Å²) in [5.41, 5.74) is -0.486. The molecule has 1 aromatic carbocycles. The number of nitrogens with one attached hydrogen (secondary N) is 2. The molecule has 3 N–H and O–H groups in total. The average molecular weight is 328 g/mol. The van der Waals surface area contributed by atoms with E-state index in [1.807, 2.05) is 0 Å². The van der Waals surface area contributed by atoms with Gasteiger partial charge in [0.05, 0.1) is 12.0 Å². The number of hydrogen-bond acceptors (Lipinski definition) is 3. The molecule has 23 heavy (non-hydrogen) atoms. The zero-order valence-corrected chi connectivity index (χ0v) is 12.1. The maximum absolute atomic E-state index is 13.4. The largest absolute Gasteiger partial charge is 0.467 e. The van der Waals surface area contributed by atoms with Gasteiger partial charge in [0.1, 0.15) is 11.9 Å². The molecule has 0 saturated carbocycles. The molecule has 2 unspecified atom stereocenters. The summed E-state index contributed by atoms with van der Waals surface area (Å²) >= 11 is 0. The van der Waals surface area contributed by atoms with Gasteiger partial charge in [-0.05, 0) is 31.2 Å². The number of amides is 2. The standard InChI is InChI=1S/C15H15F3N2O3/c1-8(7-11(21)12-3-2-6-23-12)19-15(22)20-10-5-4-9(16)13(17)14(10)18/h2-6,8,11,21H,7H2,1H3,(H2,19,20,22). The normalized spacial score (nSPS) is 13.4. The lowest BCUT2D eigenvalue weighted by atomic mass is 10.1. The number of urea groups is 1. The highest BCUT2D eigenvalue weighted by Crippen LogP contribution is 2.20. The summed E-state index contributed by atoms with van der Waals surface area (Å²) in [7, 11) is 0. The van der Waals surface area contributed by atoms with Crippen molar-refractivity contribution in [1.29, 1.82) is 0 Å². The van der Waals surface area contributed by atoms with Crippen LogP contribution in [0.4, 0.5) is 23.7 Å². The van der Waals surface area contributed by atoms with Crippen molar-refractivity contribution >= 4 is 11.7 Å². The van der Waals surface area contributed by atoms with Gasteiger partial charge >= 0.3 is 6.03 Å². The monoisotopic (exact) mass is 328 g/mol. The van der Waals surface area contributed by atoms with E-state index in [1.165, 1.54) is 6.26 Å². The van der Waals surface area contributed by atoms with E-state index in [-0.39, 0.29) is 6.42 Å². The predicted octanol–water partition coefficient (Wildman–Crippen LogP) is 3.33. The molecule has 2 aromatic rings. The first-order valence-electron chi connectivity index (χ1n) is 6.81. The predicted molar refractivity (Wildman–Crippen MR) is 76.2 cm³/mol. The maximum Gasteiger partial charge on any atom is 0.319 e. The fraction of sp³-hybridized carbons (Fsp3) is 0.267. The Morgan fingerprint density at radius 3 is 2.65 bits per heavy atom. The zero-order chi connectivity index (χ0) is 17.0. The molecule has 124 valence electrons. The van der Waals surface area contributed by atoms with Crippen LogP contribution >= 0.6 is 0 Å². The molecule has 0 spiro atoms. The fourth-order valence-corrected chi connectivity index (χ4v) is 2.00. The summed E-state index contributed by atoms with van der Waals surface area (Å²) in [5, 5.41) is 14.4. The second kappa shape index (κ2) is 7.19. The quantitative estimate of drug-likeness (QED) is 0.737. The number of hydrogen-bond donors (Lipinski definition) is 3. The number of halogens is 3.